The molecule has 0 fully saturated rings. The summed E-state index contributed by atoms with van der Waals surface area (Å²) >= 11 is 0. The Hall–Kier alpha value is -10.7. The van der Waals surface area contributed by atoms with Crippen molar-refractivity contribution in [3.63, 3.8) is 0 Å². The first-order chi connectivity index (χ1) is 51.3. The number of hydrogen-bond donors (Lipinski definition) is 0. The molecule has 0 aliphatic carbocycles. The number of nitrogens with zero attached hydrogens (tertiary/aromatic N) is 9. The molecule has 5 aliphatic heterocycles. The van der Waals surface area contributed by atoms with Crippen LogP contribution in [0, 0.1) is 12.1 Å². The summed E-state index contributed by atoms with van der Waals surface area (Å²) in [4.78, 5) is 24.8. The first-order valence-corrected chi connectivity index (χ1v) is 39.8. The summed E-state index contributed by atoms with van der Waals surface area (Å²) in [6.07, 6.45) is 18.5. The van der Waals surface area contributed by atoms with Crippen molar-refractivity contribution >= 4 is 26.3 Å². The van der Waals surface area contributed by atoms with Gasteiger partial charge in [0, 0.05) is 48.5 Å². The number of ether oxygens (including phenoxy) is 6. The lowest BCUT2D eigenvalue weighted by atomic mass is 10.0. The summed E-state index contributed by atoms with van der Waals surface area (Å²) in [6.45, 7) is 16.7. The third-order valence-corrected chi connectivity index (χ3v) is 23.5. The van der Waals surface area contributed by atoms with Crippen molar-refractivity contribution in [2.45, 2.75) is 142 Å². The standard InChI is InChI=1S/C47H54N6O5Si.C40H41N3O3/c1-47(2,3)59(4,5)58-35-37-27-42-32-43(28-37)57-26-14-8-12-24-55-41-22-16-20-39(31-41)53-34-46(49-51-53)44(29-36-17-9-6-10-18-36)45-33-52(50-48-45)38-19-15-21-40(30-38)54-23-11-7-13-25-56-42;44-30-35(27-31-11-5-4-6-12-31)43-28-32-17-21-36(22-18-32)45-25-7-2-1-3-8-26-46-37-23-19-33(20-24-37)38-14-10-16-40(42-38)39-15-9-13-34(29-43)41-39/h6,9-10,15,17-21,27-34H,7-8,11-14,23-26,35H2,1-5H3;4-6,9-24,30,35H,1-3,7-8,25-29H2/b44-29+;/t;35-/m.0/s1. The van der Waals surface area contributed by atoms with Gasteiger partial charge in [0.15, 0.2) is 14.1 Å². The number of carbonyl (C=O) groups is 1. The number of pyridine rings is 2. The Balaban J connectivity index is 0.000000203. The van der Waals surface area contributed by atoms with Crippen molar-refractivity contribution in [1.29, 1.82) is 0 Å². The van der Waals surface area contributed by atoms with Gasteiger partial charge in [0.25, 0.3) is 0 Å². The Morgan fingerprint density at radius 3 is 1.68 bits per heavy atom. The minimum Gasteiger partial charge on any atom is -0.494 e. The molecule has 540 valence electrons. The zero-order chi connectivity index (χ0) is 72.5. The lowest BCUT2D eigenvalue weighted by Crippen LogP contribution is -2.40. The molecule has 11 aromatic rings. The van der Waals surface area contributed by atoms with Crippen molar-refractivity contribution in [2.24, 2.45) is 0 Å². The van der Waals surface area contributed by atoms with Gasteiger partial charge in [-0.15, -0.1) is 10.2 Å². The van der Waals surface area contributed by atoms with Gasteiger partial charge in [0.05, 0.1) is 98.8 Å². The van der Waals surface area contributed by atoms with Crippen LogP contribution in [0.1, 0.15) is 131 Å². The van der Waals surface area contributed by atoms with E-state index in [1.54, 1.807) is 9.36 Å². The maximum atomic E-state index is 12.6. The highest BCUT2D eigenvalue weighted by atomic mass is 28.4. The highest BCUT2D eigenvalue weighted by Crippen LogP contribution is 2.38. The Kier molecular flexibility index (Phi) is 26.2. The van der Waals surface area contributed by atoms with Gasteiger partial charge in [-0.2, -0.15) is 0 Å². The van der Waals surface area contributed by atoms with E-state index in [1.165, 1.54) is 6.42 Å². The maximum absolute atomic E-state index is 12.6. The first kappa shape index (κ1) is 74.0. The molecule has 16 rings (SSSR count). The average molecular weight is 1420 g/mol. The number of fused-ring (bicyclic) bond motifs is 12. The van der Waals surface area contributed by atoms with Gasteiger partial charge in [-0.25, -0.2) is 19.3 Å². The van der Waals surface area contributed by atoms with Crippen LogP contribution < -0.4 is 28.4 Å². The zero-order valence-electron chi connectivity index (χ0n) is 61.1. The fraction of sp³-hybridized carbons (Fsp3) is 0.322. The van der Waals surface area contributed by atoms with Crippen LogP contribution in [-0.2, 0) is 35.3 Å². The van der Waals surface area contributed by atoms with Crippen molar-refractivity contribution in [1.82, 2.24) is 44.9 Å². The molecular formula is C87H95N9O8Si. The van der Waals surface area contributed by atoms with Gasteiger partial charge < -0.3 is 37.6 Å². The molecule has 105 heavy (non-hydrogen) atoms. The molecule has 18 bridgehead atoms. The maximum Gasteiger partial charge on any atom is 0.192 e. The Morgan fingerprint density at radius 1 is 0.495 bits per heavy atom. The molecule has 0 unspecified atom stereocenters. The quantitative estimate of drug-likeness (QED) is 0.104. The van der Waals surface area contributed by atoms with E-state index in [0.29, 0.717) is 76.3 Å². The molecule has 0 N–H and O–H groups in total. The monoisotopic (exact) mass is 1420 g/mol. The summed E-state index contributed by atoms with van der Waals surface area (Å²) in [7, 11) is -1.94. The van der Waals surface area contributed by atoms with E-state index in [0.717, 1.165) is 173 Å². The van der Waals surface area contributed by atoms with E-state index in [2.05, 4.69) is 120 Å². The molecule has 5 aliphatic rings. The predicted molar refractivity (Wildman–Crippen MR) is 415 cm³/mol. The molecule has 0 spiro atoms. The van der Waals surface area contributed by atoms with Gasteiger partial charge in [0.2, 0.25) is 0 Å². The Bertz CT molecular complexity index is 4420. The highest BCUT2D eigenvalue weighted by Gasteiger charge is 2.37. The Morgan fingerprint density at radius 2 is 1.04 bits per heavy atom. The number of hydrogen-bond acceptors (Lipinski definition) is 15. The molecular weight excluding hydrogens is 1330 g/mol. The molecule has 7 aromatic carbocycles. The van der Waals surface area contributed by atoms with Crippen molar-refractivity contribution in [3.8, 4) is 68.5 Å². The van der Waals surface area contributed by atoms with Crippen molar-refractivity contribution in [2.75, 3.05) is 39.6 Å². The third-order valence-electron chi connectivity index (χ3n) is 19.1. The molecule has 0 radical (unpaired) electrons. The molecule has 9 heterocycles. The summed E-state index contributed by atoms with van der Waals surface area (Å²) in [5.74, 6) is 4.70. The van der Waals surface area contributed by atoms with E-state index in [4.69, 9.17) is 42.8 Å². The third kappa shape index (κ3) is 21.9. The minimum absolute atomic E-state index is 0.122. The molecule has 0 saturated heterocycles. The average Bonchev–Trinajstić information content (AvgIpc) is 1.76. The number of aromatic nitrogens is 8. The SMILES string of the molecule is CC(C)(C)[Si](C)(C)OCc1cc2cc(c1)OCCCCCOc1cccc(c1)-n1cc(nn1)/C(=C\c1ccccc1)c1cn(nn1)-c1cc#cc(c1)OCCCCCO2.O=C[C@H](Cc1ccccc1)N1Cc2ccc(cc2)OCCCCCCCOc2ccc(cc2)-c2cccc(n2)-c2cccc(n2)C1. The second kappa shape index (κ2) is 37.1. The van der Waals surface area contributed by atoms with Crippen LogP contribution in [-0.4, -0.2) is 105 Å². The van der Waals surface area contributed by atoms with Crippen LogP contribution in [0.15, 0.2) is 213 Å². The number of aldehydes is 1. The number of benzene rings is 6. The largest absolute Gasteiger partial charge is 0.494 e. The minimum atomic E-state index is -1.94. The summed E-state index contributed by atoms with van der Waals surface area (Å²) in [6, 6.07) is 72.3. The second-order valence-electron chi connectivity index (χ2n) is 28.1. The topological polar surface area (TPSA) is 172 Å². The van der Waals surface area contributed by atoms with Gasteiger partial charge in [-0.1, -0.05) is 148 Å². The van der Waals surface area contributed by atoms with E-state index in [9.17, 15) is 4.79 Å². The van der Waals surface area contributed by atoms with E-state index >= 15 is 0 Å². The summed E-state index contributed by atoms with van der Waals surface area (Å²) < 4.78 is 46.9. The van der Waals surface area contributed by atoms with E-state index in [1.807, 2.05) is 170 Å². The first-order valence-electron chi connectivity index (χ1n) is 36.9. The Labute approximate surface area is 619 Å². The van der Waals surface area contributed by atoms with Crippen molar-refractivity contribution in [3.05, 3.63) is 264 Å². The molecule has 18 heteroatoms. The van der Waals surface area contributed by atoms with Gasteiger partial charge in [-0.3, -0.25) is 4.90 Å². The predicted octanol–water partition coefficient (Wildman–Crippen LogP) is 18.5. The van der Waals surface area contributed by atoms with Crippen LogP contribution in [0.4, 0.5) is 0 Å². The fourth-order valence-electron chi connectivity index (χ4n) is 12.0. The highest BCUT2D eigenvalue weighted by molar-refractivity contribution is 6.74. The van der Waals surface area contributed by atoms with Crippen LogP contribution >= 0.6 is 0 Å². The summed E-state index contributed by atoms with van der Waals surface area (Å²) in [5.41, 5.74) is 12.4. The van der Waals surface area contributed by atoms with Crippen LogP contribution in [0.3, 0.4) is 0 Å². The van der Waals surface area contributed by atoms with E-state index < -0.39 is 8.32 Å². The van der Waals surface area contributed by atoms with E-state index in [-0.39, 0.29) is 11.1 Å². The molecule has 17 nitrogen and oxygen atoms in total. The molecule has 0 saturated carbocycles. The lowest BCUT2D eigenvalue weighted by Gasteiger charge is -2.36. The van der Waals surface area contributed by atoms with Gasteiger partial charge >= 0.3 is 0 Å². The smallest absolute Gasteiger partial charge is 0.192 e. The van der Waals surface area contributed by atoms with Crippen LogP contribution in [0.2, 0.25) is 18.1 Å². The van der Waals surface area contributed by atoms with Crippen molar-refractivity contribution < 1.29 is 37.6 Å². The molecule has 1 atom stereocenters. The number of rotatable bonds is 8. The fourth-order valence-corrected chi connectivity index (χ4v) is 13.0. The zero-order valence-corrected chi connectivity index (χ0v) is 62.1. The summed E-state index contributed by atoms with van der Waals surface area (Å²) in [5, 5.41) is 18.2. The molecule has 0 amide bonds. The molecule has 4 aromatic heterocycles. The second-order valence-corrected chi connectivity index (χ2v) is 32.9. The normalized spacial score (nSPS) is 15.4. The number of carbonyl (C=O) groups excluding carboxylic acids is 1. The van der Waals surface area contributed by atoms with Gasteiger partial charge in [-0.05, 0) is 195 Å². The lowest BCUT2D eigenvalue weighted by molar-refractivity contribution is -0.112. The van der Waals surface area contributed by atoms with Crippen LogP contribution in [0.5, 0.6) is 34.5 Å². The van der Waals surface area contributed by atoms with Crippen LogP contribution in [0.25, 0.3) is 45.7 Å². The van der Waals surface area contributed by atoms with Gasteiger partial charge in [0.1, 0.15) is 46.4 Å².